The fourth-order valence-electron chi connectivity index (χ4n) is 1.77. The lowest BCUT2D eigenvalue weighted by molar-refractivity contribution is 0.617. The van der Waals surface area contributed by atoms with Crippen LogP contribution < -0.4 is 5.73 Å². The molecular weight excluding hydrogens is 219 g/mol. The number of aromatic nitrogens is 3. The molecule has 2 rings (SSSR count). The summed E-state index contributed by atoms with van der Waals surface area (Å²) < 4.78 is 14.9. The molecule has 0 saturated heterocycles. The summed E-state index contributed by atoms with van der Waals surface area (Å²) in [5.74, 6) is -0.223. The van der Waals surface area contributed by atoms with Crippen molar-refractivity contribution in [3.63, 3.8) is 0 Å². The monoisotopic (exact) mass is 234 g/mol. The first kappa shape index (κ1) is 11.7. The summed E-state index contributed by atoms with van der Waals surface area (Å²) in [4.78, 5) is 0. The minimum atomic E-state index is -0.223. The van der Waals surface area contributed by atoms with Gasteiger partial charge in [0, 0.05) is 6.04 Å². The minimum absolute atomic E-state index is 0.162. The number of benzene rings is 1. The van der Waals surface area contributed by atoms with Gasteiger partial charge in [-0.15, -0.1) is 5.10 Å². The molecule has 2 aromatic rings. The van der Waals surface area contributed by atoms with Gasteiger partial charge in [0.1, 0.15) is 11.5 Å². The maximum atomic E-state index is 13.2. The van der Waals surface area contributed by atoms with Crippen molar-refractivity contribution in [2.45, 2.75) is 26.8 Å². The number of rotatable bonds is 2. The van der Waals surface area contributed by atoms with Crippen LogP contribution in [-0.2, 0) is 0 Å². The van der Waals surface area contributed by atoms with Crippen LogP contribution in [0, 0.1) is 19.7 Å². The van der Waals surface area contributed by atoms with Crippen molar-refractivity contribution in [2.24, 2.45) is 5.73 Å². The second-order valence-electron chi connectivity index (χ2n) is 4.19. The molecule has 5 heteroatoms. The van der Waals surface area contributed by atoms with Crippen molar-refractivity contribution in [3.05, 3.63) is 41.0 Å². The Morgan fingerprint density at radius 2 is 2.06 bits per heavy atom. The summed E-state index contributed by atoms with van der Waals surface area (Å²) in [6.45, 7) is 5.48. The fourth-order valence-corrected chi connectivity index (χ4v) is 1.77. The first-order valence-corrected chi connectivity index (χ1v) is 5.45. The van der Waals surface area contributed by atoms with E-state index in [1.165, 1.54) is 6.07 Å². The third kappa shape index (κ3) is 2.06. The van der Waals surface area contributed by atoms with Crippen LogP contribution in [0.1, 0.15) is 29.9 Å². The largest absolute Gasteiger partial charge is 0.323 e. The van der Waals surface area contributed by atoms with E-state index in [9.17, 15) is 4.39 Å². The van der Waals surface area contributed by atoms with Gasteiger partial charge in [-0.2, -0.15) is 0 Å². The Morgan fingerprint density at radius 1 is 1.35 bits per heavy atom. The number of hydrogen-bond donors (Lipinski definition) is 1. The molecule has 90 valence electrons. The molecule has 0 fully saturated rings. The number of nitrogens with zero attached hydrogens (tertiary/aromatic N) is 3. The van der Waals surface area contributed by atoms with Crippen LogP contribution in [0.3, 0.4) is 0 Å². The predicted molar refractivity (Wildman–Crippen MR) is 63.4 cm³/mol. The van der Waals surface area contributed by atoms with Crippen molar-refractivity contribution >= 4 is 0 Å². The van der Waals surface area contributed by atoms with Gasteiger partial charge in [0.15, 0.2) is 0 Å². The van der Waals surface area contributed by atoms with Crippen LogP contribution in [-0.4, -0.2) is 15.0 Å². The van der Waals surface area contributed by atoms with E-state index in [-0.39, 0.29) is 11.9 Å². The lowest BCUT2D eigenvalue weighted by Crippen LogP contribution is -2.08. The molecule has 1 unspecified atom stereocenters. The molecule has 1 aromatic heterocycles. The predicted octanol–water partition coefficient (Wildman–Crippen LogP) is 2.04. The summed E-state index contributed by atoms with van der Waals surface area (Å²) in [6.07, 6.45) is 0. The zero-order valence-electron chi connectivity index (χ0n) is 10.1. The first-order chi connectivity index (χ1) is 8.00. The normalized spacial score (nSPS) is 12.8. The van der Waals surface area contributed by atoms with E-state index in [0.717, 1.165) is 17.1 Å². The van der Waals surface area contributed by atoms with Crippen LogP contribution in [0.2, 0.25) is 0 Å². The van der Waals surface area contributed by atoms with Gasteiger partial charge >= 0.3 is 0 Å². The molecule has 4 nitrogen and oxygen atoms in total. The molecule has 1 aromatic carbocycles. The maximum Gasteiger partial charge on any atom is 0.126 e. The molecular formula is C12H15FN4. The summed E-state index contributed by atoms with van der Waals surface area (Å²) >= 11 is 0. The number of nitrogens with two attached hydrogens (primary N) is 1. The molecule has 0 saturated carbocycles. The third-order valence-electron chi connectivity index (χ3n) is 2.75. The van der Waals surface area contributed by atoms with E-state index in [4.69, 9.17) is 5.73 Å². The highest BCUT2D eigenvalue weighted by molar-refractivity contribution is 5.37. The van der Waals surface area contributed by atoms with E-state index in [2.05, 4.69) is 10.3 Å². The molecule has 0 aliphatic carbocycles. The van der Waals surface area contributed by atoms with E-state index in [0.29, 0.717) is 5.56 Å². The Bertz CT molecular complexity index is 545. The lowest BCUT2D eigenvalue weighted by atomic mass is 10.2. The Morgan fingerprint density at radius 3 is 2.59 bits per heavy atom. The fraction of sp³-hybridized carbons (Fsp3) is 0.333. The van der Waals surface area contributed by atoms with Crippen molar-refractivity contribution in [2.75, 3.05) is 0 Å². The van der Waals surface area contributed by atoms with Crippen molar-refractivity contribution in [1.29, 1.82) is 0 Å². The second-order valence-corrected chi connectivity index (χ2v) is 4.19. The van der Waals surface area contributed by atoms with Gasteiger partial charge < -0.3 is 5.73 Å². The van der Waals surface area contributed by atoms with Gasteiger partial charge in [0.25, 0.3) is 0 Å². The standard InChI is InChI=1S/C12H15FN4/c1-7-6-10(4-5-11(7)13)17-9(3)12(8(2)14)15-16-17/h4-6,8H,14H2,1-3H3. The molecule has 0 amide bonds. The molecule has 0 aliphatic heterocycles. The van der Waals surface area contributed by atoms with Crippen LogP contribution in [0.15, 0.2) is 18.2 Å². The van der Waals surface area contributed by atoms with Gasteiger partial charge in [0.05, 0.1) is 11.4 Å². The highest BCUT2D eigenvalue weighted by atomic mass is 19.1. The molecule has 2 N–H and O–H groups in total. The molecule has 1 atom stereocenters. The Labute approximate surface area is 99.2 Å². The maximum absolute atomic E-state index is 13.2. The van der Waals surface area contributed by atoms with Crippen molar-refractivity contribution in [3.8, 4) is 5.69 Å². The van der Waals surface area contributed by atoms with Crippen LogP contribution in [0.5, 0.6) is 0 Å². The molecule has 0 spiro atoms. The number of aryl methyl sites for hydroxylation is 1. The van der Waals surface area contributed by atoms with E-state index >= 15 is 0 Å². The topological polar surface area (TPSA) is 56.7 Å². The first-order valence-electron chi connectivity index (χ1n) is 5.45. The zero-order chi connectivity index (χ0) is 12.6. The highest BCUT2D eigenvalue weighted by Gasteiger charge is 2.13. The third-order valence-corrected chi connectivity index (χ3v) is 2.75. The minimum Gasteiger partial charge on any atom is -0.323 e. The Kier molecular flexibility index (Phi) is 2.93. The van der Waals surface area contributed by atoms with Gasteiger partial charge in [0.2, 0.25) is 0 Å². The van der Waals surface area contributed by atoms with Gasteiger partial charge in [-0.25, -0.2) is 9.07 Å². The van der Waals surface area contributed by atoms with Gasteiger partial charge in [-0.05, 0) is 44.5 Å². The van der Waals surface area contributed by atoms with E-state index < -0.39 is 0 Å². The second kappa shape index (κ2) is 4.25. The summed E-state index contributed by atoms with van der Waals surface area (Å²) in [5, 5.41) is 8.08. The van der Waals surface area contributed by atoms with Crippen LogP contribution in [0.25, 0.3) is 5.69 Å². The van der Waals surface area contributed by atoms with Crippen molar-refractivity contribution in [1.82, 2.24) is 15.0 Å². The summed E-state index contributed by atoms with van der Waals surface area (Å²) in [6, 6.07) is 4.68. The highest BCUT2D eigenvalue weighted by Crippen LogP contribution is 2.18. The van der Waals surface area contributed by atoms with Crippen LogP contribution in [0.4, 0.5) is 4.39 Å². The Hall–Kier alpha value is -1.75. The molecule has 17 heavy (non-hydrogen) atoms. The van der Waals surface area contributed by atoms with E-state index in [1.807, 2.05) is 13.8 Å². The average Bonchev–Trinajstić information content (AvgIpc) is 2.64. The van der Waals surface area contributed by atoms with Gasteiger partial charge in [-0.1, -0.05) is 5.21 Å². The lowest BCUT2D eigenvalue weighted by Gasteiger charge is -2.06. The number of halogens is 1. The van der Waals surface area contributed by atoms with Crippen LogP contribution >= 0.6 is 0 Å². The van der Waals surface area contributed by atoms with Crippen molar-refractivity contribution < 1.29 is 4.39 Å². The number of hydrogen-bond acceptors (Lipinski definition) is 3. The molecule has 0 bridgehead atoms. The van der Waals surface area contributed by atoms with E-state index in [1.54, 1.807) is 23.7 Å². The molecule has 1 heterocycles. The SMILES string of the molecule is Cc1cc(-n2nnc(C(C)N)c2C)ccc1F. The smallest absolute Gasteiger partial charge is 0.126 e. The molecule has 0 radical (unpaired) electrons. The molecule has 0 aliphatic rings. The average molecular weight is 234 g/mol. The zero-order valence-corrected chi connectivity index (χ0v) is 10.1. The summed E-state index contributed by atoms with van der Waals surface area (Å²) in [7, 11) is 0. The van der Waals surface area contributed by atoms with Gasteiger partial charge in [-0.3, -0.25) is 0 Å². The quantitative estimate of drug-likeness (QED) is 0.865. The Balaban J connectivity index is 2.50. The summed E-state index contributed by atoms with van der Waals surface area (Å²) in [5.41, 5.74) is 8.80.